The van der Waals surface area contributed by atoms with Crippen LogP contribution in [0.1, 0.15) is 18.9 Å². The molecule has 1 saturated heterocycles. The van der Waals surface area contributed by atoms with Crippen LogP contribution in [0.25, 0.3) is 0 Å². The average molecular weight is 450 g/mol. The Morgan fingerprint density at radius 1 is 1.10 bits per heavy atom. The second-order valence-corrected chi connectivity index (χ2v) is 9.91. The lowest BCUT2D eigenvalue weighted by atomic mass is 10.1. The van der Waals surface area contributed by atoms with E-state index in [2.05, 4.69) is 0 Å². The molecule has 0 aliphatic carbocycles. The van der Waals surface area contributed by atoms with Crippen molar-refractivity contribution in [3.63, 3.8) is 0 Å². The maximum atomic E-state index is 12.0. The van der Waals surface area contributed by atoms with Gasteiger partial charge in [-0.1, -0.05) is 24.3 Å². The summed E-state index contributed by atoms with van der Waals surface area (Å²) in [6.45, 7) is 3.47. The Labute approximate surface area is 184 Å². The van der Waals surface area contributed by atoms with Crippen LogP contribution < -0.4 is 14.2 Å². The average Bonchev–Trinajstić information content (AvgIpc) is 3.13. The van der Waals surface area contributed by atoms with Crippen LogP contribution in [-0.2, 0) is 16.4 Å². The first kappa shape index (κ1) is 23.4. The van der Waals surface area contributed by atoms with Crippen molar-refractivity contribution in [1.29, 1.82) is 0 Å². The normalized spacial score (nSPS) is 18.6. The summed E-state index contributed by atoms with van der Waals surface area (Å²) in [5, 5.41) is 10.7. The third-order valence-corrected chi connectivity index (χ3v) is 7.04. The first-order valence-corrected chi connectivity index (χ1v) is 12.3. The molecule has 1 aliphatic rings. The highest BCUT2D eigenvalue weighted by Crippen LogP contribution is 2.26. The van der Waals surface area contributed by atoms with Crippen molar-refractivity contribution in [2.45, 2.75) is 32.0 Å². The van der Waals surface area contributed by atoms with E-state index in [1.54, 1.807) is 19.2 Å². The Balaban J connectivity index is 1.65. The van der Waals surface area contributed by atoms with Gasteiger partial charge in [-0.25, -0.2) is 8.42 Å². The molecule has 1 aliphatic heterocycles. The van der Waals surface area contributed by atoms with Crippen LogP contribution in [0.2, 0.25) is 0 Å². The molecule has 0 saturated carbocycles. The Morgan fingerprint density at radius 3 is 2.42 bits per heavy atom. The number of hydrogen-bond acceptors (Lipinski definition) is 7. The smallest absolute Gasteiger partial charge is 0.161 e. The van der Waals surface area contributed by atoms with Crippen LogP contribution in [0.4, 0.5) is 0 Å². The van der Waals surface area contributed by atoms with Gasteiger partial charge in [0, 0.05) is 19.1 Å². The summed E-state index contributed by atoms with van der Waals surface area (Å²) in [6, 6.07) is 14.9. The molecule has 8 heteroatoms. The first-order chi connectivity index (χ1) is 14.9. The van der Waals surface area contributed by atoms with Gasteiger partial charge in [-0.3, -0.25) is 4.90 Å². The molecule has 1 fully saturated rings. The largest absolute Gasteiger partial charge is 0.494 e. The number of para-hydroxylation sites is 2. The Hall–Kier alpha value is -2.29. The summed E-state index contributed by atoms with van der Waals surface area (Å²) in [6.07, 6.45) is -0.213. The number of rotatable bonds is 11. The van der Waals surface area contributed by atoms with Gasteiger partial charge in [0.1, 0.15) is 18.5 Å². The van der Waals surface area contributed by atoms with Gasteiger partial charge in [0.25, 0.3) is 0 Å². The number of ether oxygens (including phenoxy) is 3. The molecular weight excluding hydrogens is 418 g/mol. The molecule has 2 aromatic rings. The zero-order valence-electron chi connectivity index (χ0n) is 18.1. The summed E-state index contributed by atoms with van der Waals surface area (Å²) in [5.74, 6) is 2.26. The van der Waals surface area contributed by atoms with E-state index >= 15 is 0 Å². The molecule has 1 N–H and O–H groups in total. The second kappa shape index (κ2) is 10.8. The van der Waals surface area contributed by atoms with Crippen molar-refractivity contribution in [2.75, 3.05) is 38.4 Å². The predicted molar refractivity (Wildman–Crippen MR) is 120 cm³/mol. The molecular formula is C23H31NO6S. The topological polar surface area (TPSA) is 85.3 Å². The Morgan fingerprint density at radius 2 is 1.81 bits per heavy atom. The van der Waals surface area contributed by atoms with Crippen molar-refractivity contribution in [2.24, 2.45) is 0 Å². The molecule has 0 aromatic heterocycles. The third-order valence-electron chi connectivity index (χ3n) is 5.29. The van der Waals surface area contributed by atoms with Gasteiger partial charge in [-0.2, -0.15) is 0 Å². The summed E-state index contributed by atoms with van der Waals surface area (Å²) in [7, 11) is -1.47. The molecule has 31 heavy (non-hydrogen) atoms. The predicted octanol–water partition coefficient (Wildman–Crippen LogP) is 2.52. The molecule has 0 bridgehead atoms. The summed E-state index contributed by atoms with van der Waals surface area (Å²) >= 11 is 0. The summed E-state index contributed by atoms with van der Waals surface area (Å²) in [4.78, 5) is 2.04. The van der Waals surface area contributed by atoms with Crippen LogP contribution in [0.15, 0.2) is 48.5 Å². The Bertz CT molecular complexity index is 931. The van der Waals surface area contributed by atoms with Gasteiger partial charge >= 0.3 is 0 Å². The molecule has 170 valence electrons. The summed E-state index contributed by atoms with van der Waals surface area (Å²) in [5.41, 5.74) is 1.03. The van der Waals surface area contributed by atoms with E-state index in [4.69, 9.17) is 14.2 Å². The first-order valence-electron chi connectivity index (χ1n) is 10.5. The van der Waals surface area contributed by atoms with E-state index < -0.39 is 15.9 Å². The lowest BCUT2D eigenvalue weighted by Crippen LogP contribution is -2.42. The quantitative estimate of drug-likeness (QED) is 0.564. The highest BCUT2D eigenvalue weighted by atomic mass is 32.2. The van der Waals surface area contributed by atoms with Crippen LogP contribution in [0, 0.1) is 0 Å². The summed E-state index contributed by atoms with van der Waals surface area (Å²) < 4.78 is 40.6. The zero-order chi connectivity index (χ0) is 22.3. The lowest BCUT2D eigenvalue weighted by Gasteiger charge is -2.30. The van der Waals surface area contributed by atoms with E-state index in [1.165, 1.54) is 0 Å². The monoisotopic (exact) mass is 449 g/mol. The van der Waals surface area contributed by atoms with Crippen LogP contribution in [0.3, 0.4) is 0 Å². The van der Waals surface area contributed by atoms with Crippen molar-refractivity contribution in [3.05, 3.63) is 54.1 Å². The maximum absolute atomic E-state index is 12.0. The number of aliphatic hydroxyl groups excluding tert-OH is 1. The molecule has 2 unspecified atom stereocenters. The van der Waals surface area contributed by atoms with Crippen molar-refractivity contribution in [1.82, 2.24) is 4.90 Å². The standard InChI is InChI=1S/C23H31NO6S/c1-3-29-21-10-8-18(9-11-21)14-24(19-12-13-31(26,27)17-19)15-20(25)16-30-23-7-5-4-6-22(23)28-2/h4-11,19-20,25H,3,12-17H2,1-2H3. The minimum atomic E-state index is -3.04. The highest BCUT2D eigenvalue weighted by Gasteiger charge is 2.33. The fourth-order valence-corrected chi connectivity index (χ4v) is 5.51. The Kier molecular flexibility index (Phi) is 8.17. The van der Waals surface area contributed by atoms with E-state index in [1.807, 2.05) is 48.2 Å². The molecule has 7 nitrogen and oxygen atoms in total. The van der Waals surface area contributed by atoms with Gasteiger partial charge in [0.15, 0.2) is 21.3 Å². The van der Waals surface area contributed by atoms with Crippen LogP contribution in [-0.4, -0.2) is 68.9 Å². The second-order valence-electron chi connectivity index (χ2n) is 7.68. The number of methoxy groups -OCH3 is 1. The van der Waals surface area contributed by atoms with Crippen molar-refractivity contribution >= 4 is 9.84 Å². The molecule has 2 atom stereocenters. The van der Waals surface area contributed by atoms with Crippen molar-refractivity contribution in [3.8, 4) is 17.2 Å². The minimum absolute atomic E-state index is 0.0830. The molecule has 1 heterocycles. The van der Waals surface area contributed by atoms with E-state index in [-0.39, 0.29) is 24.2 Å². The zero-order valence-corrected chi connectivity index (χ0v) is 18.9. The molecule has 0 radical (unpaired) electrons. The molecule has 0 spiro atoms. The number of hydrogen-bond donors (Lipinski definition) is 1. The molecule has 3 rings (SSSR count). The number of sulfone groups is 1. The third kappa shape index (κ3) is 6.85. The van der Waals surface area contributed by atoms with Gasteiger partial charge in [-0.05, 0) is 43.2 Å². The fraction of sp³-hybridized carbons (Fsp3) is 0.478. The highest BCUT2D eigenvalue weighted by molar-refractivity contribution is 7.91. The van der Waals surface area contributed by atoms with Gasteiger partial charge in [0.2, 0.25) is 0 Å². The SMILES string of the molecule is CCOc1ccc(CN(CC(O)COc2ccccc2OC)C2CCS(=O)(=O)C2)cc1. The van der Waals surface area contributed by atoms with Crippen LogP contribution in [0.5, 0.6) is 17.2 Å². The van der Waals surface area contributed by atoms with Gasteiger partial charge < -0.3 is 19.3 Å². The van der Waals surface area contributed by atoms with Gasteiger partial charge in [0.05, 0.1) is 25.2 Å². The molecule has 2 aromatic carbocycles. The lowest BCUT2D eigenvalue weighted by molar-refractivity contribution is 0.0517. The number of aliphatic hydroxyl groups is 1. The molecule has 0 amide bonds. The van der Waals surface area contributed by atoms with Crippen molar-refractivity contribution < 1.29 is 27.7 Å². The fourth-order valence-electron chi connectivity index (χ4n) is 3.75. The van der Waals surface area contributed by atoms with Crippen LogP contribution >= 0.6 is 0 Å². The maximum Gasteiger partial charge on any atom is 0.161 e. The van der Waals surface area contributed by atoms with E-state index in [9.17, 15) is 13.5 Å². The van der Waals surface area contributed by atoms with E-state index in [0.29, 0.717) is 37.6 Å². The van der Waals surface area contributed by atoms with Gasteiger partial charge in [-0.15, -0.1) is 0 Å². The van der Waals surface area contributed by atoms with E-state index in [0.717, 1.165) is 11.3 Å². The number of benzene rings is 2. The minimum Gasteiger partial charge on any atom is -0.494 e. The number of nitrogens with zero attached hydrogens (tertiary/aromatic N) is 1.